The average molecular weight is 273 g/mol. The first-order valence-electron chi connectivity index (χ1n) is 6.73. The van der Waals surface area contributed by atoms with Crippen LogP contribution in [-0.2, 0) is 10.3 Å². The van der Waals surface area contributed by atoms with Gasteiger partial charge >= 0.3 is 0 Å². The molecule has 4 rings (SSSR count). The lowest BCUT2D eigenvalue weighted by molar-refractivity contribution is -0.123. The normalized spacial score (nSPS) is 29.4. The largest absolute Gasteiger partial charge is 0.454 e. The van der Waals surface area contributed by atoms with Crippen LogP contribution in [0.5, 0.6) is 11.5 Å². The first-order valence-corrected chi connectivity index (χ1v) is 6.73. The van der Waals surface area contributed by atoms with Crippen LogP contribution in [0, 0.1) is 0 Å². The molecule has 104 valence electrons. The van der Waals surface area contributed by atoms with Crippen LogP contribution in [0.15, 0.2) is 23.2 Å². The number of benzene rings is 1. The SMILES string of the molecule is CC1(c2ccc3c(c2)OCO3)NC(=NC2CC2)NC1=O. The van der Waals surface area contributed by atoms with Gasteiger partial charge in [0.15, 0.2) is 17.5 Å². The van der Waals surface area contributed by atoms with Crippen molar-refractivity contribution in [3.05, 3.63) is 23.8 Å². The van der Waals surface area contributed by atoms with E-state index in [0.29, 0.717) is 23.5 Å². The molecule has 6 nitrogen and oxygen atoms in total. The van der Waals surface area contributed by atoms with Gasteiger partial charge in [-0.3, -0.25) is 10.1 Å². The van der Waals surface area contributed by atoms with E-state index in [1.54, 1.807) is 0 Å². The fourth-order valence-corrected chi connectivity index (χ4v) is 2.42. The average Bonchev–Trinajstić information content (AvgIpc) is 3.02. The molecule has 2 heterocycles. The second kappa shape index (κ2) is 3.88. The Labute approximate surface area is 116 Å². The molecule has 20 heavy (non-hydrogen) atoms. The van der Waals surface area contributed by atoms with Gasteiger partial charge in [0.1, 0.15) is 5.54 Å². The highest BCUT2D eigenvalue weighted by molar-refractivity contribution is 6.09. The summed E-state index contributed by atoms with van der Waals surface area (Å²) in [6.45, 7) is 2.07. The van der Waals surface area contributed by atoms with Crippen molar-refractivity contribution in [3.63, 3.8) is 0 Å². The monoisotopic (exact) mass is 273 g/mol. The minimum atomic E-state index is -0.825. The maximum atomic E-state index is 12.3. The Balaban J connectivity index is 1.67. The van der Waals surface area contributed by atoms with E-state index in [9.17, 15) is 4.79 Å². The fraction of sp³-hybridized carbons (Fsp3) is 0.429. The second-order valence-corrected chi connectivity index (χ2v) is 5.48. The van der Waals surface area contributed by atoms with Crippen LogP contribution in [0.25, 0.3) is 0 Å². The quantitative estimate of drug-likeness (QED) is 0.838. The Morgan fingerprint density at radius 1 is 1.30 bits per heavy atom. The standard InChI is InChI=1S/C14H15N3O3/c1-14(8-2-5-10-11(6-8)20-7-19-10)12(18)16-13(17-14)15-9-3-4-9/h2,5-6,9H,3-4,7H2,1H3,(H2,15,16,17,18). The van der Waals surface area contributed by atoms with Gasteiger partial charge in [-0.1, -0.05) is 6.07 Å². The predicted molar refractivity (Wildman–Crippen MR) is 71.7 cm³/mol. The molecular formula is C14H15N3O3. The minimum absolute atomic E-state index is 0.101. The Bertz CT molecular complexity index is 624. The molecule has 2 aliphatic heterocycles. The van der Waals surface area contributed by atoms with Crippen molar-refractivity contribution in [3.8, 4) is 11.5 Å². The minimum Gasteiger partial charge on any atom is -0.454 e. The number of carbonyl (C=O) groups is 1. The lowest BCUT2D eigenvalue weighted by Gasteiger charge is -2.21. The fourth-order valence-electron chi connectivity index (χ4n) is 2.42. The number of rotatable bonds is 2. The van der Waals surface area contributed by atoms with E-state index in [0.717, 1.165) is 18.4 Å². The molecule has 1 unspecified atom stereocenters. The van der Waals surface area contributed by atoms with Crippen LogP contribution in [0.1, 0.15) is 25.3 Å². The third-order valence-corrected chi connectivity index (χ3v) is 3.86. The summed E-state index contributed by atoms with van der Waals surface area (Å²) in [7, 11) is 0. The smallest absolute Gasteiger partial charge is 0.256 e. The third kappa shape index (κ3) is 1.71. The zero-order valence-corrected chi connectivity index (χ0v) is 11.1. The Morgan fingerprint density at radius 2 is 2.10 bits per heavy atom. The van der Waals surface area contributed by atoms with Crippen LogP contribution >= 0.6 is 0 Å². The van der Waals surface area contributed by atoms with Crippen LogP contribution in [0.3, 0.4) is 0 Å². The van der Waals surface area contributed by atoms with Crippen molar-refractivity contribution >= 4 is 11.9 Å². The Kier molecular flexibility index (Phi) is 2.24. The topological polar surface area (TPSA) is 72.0 Å². The summed E-state index contributed by atoms with van der Waals surface area (Å²) in [5, 5.41) is 6.00. The number of nitrogens with zero attached hydrogens (tertiary/aromatic N) is 1. The molecule has 1 atom stereocenters. The lowest BCUT2D eigenvalue weighted by Crippen LogP contribution is -2.40. The van der Waals surface area contributed by atoms with Crippen molar-refractivity contribution in [2.75, 3.05) is 6.79 Å². The first-order chi connectivity index (χ1) is 9.65. The zero-order chi connectivity index (χ0) is 13.7. The van der Waals surface area contributed by atoms with Gasteiger partial charge in [0, 0.05) is 0 Å². The van der Waals surface area contributed by atoms with E-state index in [1.807, 2.05) is 25.1 Å². The van der Waals surface area contributed by atoms with Gasteiger partial charge in [-0.2, -0.15) is 0 Å². The molecule has 1 saturated carbocycles. The number of ether oxygens (including phenoxy) is 2. The summed E-state index contributed by atoms with van der Waals surface area (Å²) < 4.78 is 10.7. The summed E-state index contributed by atoms with van der Waals surface area (Å²) in [6, 6.07) is 5.90. The van der Waals surface area contributed by atoms with Gasteiger partial charge in [0.05, 0.1) is 6.04 Å². The van der Waals surface area contributed by atoms with Crippen molar-refractivity contribution in [2.24, 2.45) is 4.99 Å². The van der Waals surface area contributed by atoms with E-state index in [2.05, 4.69) is 15.6 Å². The lowest BCUT2D eigenvalue weighted by atomic mass is 9.92. The van der Waals surface area contributed by atoms with Gasteiger partial charge in [0.2, 0.25) is 6.79 Å². The predicted octanol–water partition coefficient (Wildman–Crippen LogP) is 0.868. The van der Waals surface area contributed by atoms with Crippen molar-refractivity contribution < 1.29 is 14.3 Å². The van der Waals surface area contributed by atoms with Crippen LogP contribution < -0.4 is 20.1 Å². The summed E-state index contributed by atoms with van der Waals surface area (Å²) in [5.74, 6) is 1.85. The van der Waals surface area contributed by atoms with E-state index in [4.69, 9.17) is 9.47 Å². The summed E-state index contributed by atoms with van der Waals surface area (Å²) in [5.41, 5.74) is 0.00886. The van der Waals surface area contributed by atoms with Crippen LogP contribution in [-0.4, -0.2) is 24.7 Å². The second-order valence-electron chi connectivity index (χ2n) is 5.48. The molecule has 1 aromatic carbocycles. The summed E-state index contributed by atoms with van der Waals surface area (Å²) >= 11 is 0. The number of hydrogen-bond acceptors (Lipinski definition) is 4. The van der Waals surface area contributed by atoms with Crippen molar-refractivity contribution in [2.45, 2.75) is 31.3 Å². The van der Waals surface area contributed by atoms with E-state index in [1.165, 1.54) is 0 Å². The third-order valence-electron chi connectivity index (χ3n) is 3.86. The first kappa shape index (κ1) is 11.6. The molecule has 2 N–H and O–H groups in total. The number of fused-ring (bicyclic) bond motifs is 1. The molecule has 0 spiro atoms. The van der Waals surface area contributed by atoms with Crippen LogP contribution in [0.2, 0.25) is 0 Å². The zero-order valence-electron chi connectivity index (χ0n) is 11.1. The maximum absolute atomic E-state index is 12.3. The number of guanidine groups is 1. The van der Waals surface area contributed by atoms with Gasteiger partial charge in [-0.05, 0) is 37.5 Å². The number of amides is 1. The van der Waals surface area contributed by atoms with E-state index in [-0.39, 0.29) is 12.7 Å². The molecular weight excluding hydrogens is 258 g/mol. The number of carbonyl (C=O) groups excluding carboxylic acids is 1. The molecule has 1 aromatic rings. The highest BCUT2D eigenvalue weighted by atomic mass is 16.7. The molecule has 1 saturated heterocycles. The Morgan fingerprint density at radius 3 is 2.90 bits per heavy atom. The molecule has 6 heteroatoms. The summed E-state index contributed by atoms with van der Waals surface area (Å²) in [6.07, 6.45) is 2.20. The Hall–Kier alpha value is -2.24. The number of nitrogens with one attached hydrogen (secondary N) is 2. The molecule has 0 bridgehead atoms. The highest BCUT2D eigenvalue weighted by Gasteiger charge is 2.43. The molecule has 0 radical (unpaired) electrons. The van der Waals surface area contributed by atoms with Crippen molar-refractivity contribution in [1.82, 2.24) is 10.6 Å². The van der Waals surface area contributed by atoms with Gasteiger partial charge < -0.3 is 14.8 Å². The molecule has 2 fully saturated rings. The van der Waals surface area contributed by atoms with E-state index >= 15 is 0 Å². The number of hydrogen-bond donors (Lipinski definition) is 2. The summed E-state index contributed by atoms with van der Waals surface area (Å²) in [4.78, 5) is 16.7. The van der Waals surface area contributed by atoms with E-state index < -0.39 is 5.54 Å². The molecule has 1 amide bonds. The number of aliphatic imine (C=N–C) groups is 1. The maximum Gasteiger partial charge on any atom is 0.256 e. The van der Waals surface area contributed by atoms with Crippen LogP contribution in [0.4, 0.5) is 0 Å². The van der Waals surface area contributed by atoms with Gasteiger partial charge in [-0.25, -0.2) is 4.99 Å². The molecule has 1 aliphatic carbocycles. The van der Waals surface area contributed by atoms with Gasteiger partial charge in [0.25, 0.3) is 5.91 Å². The van der Waals surface area contributed by atoms with Gasteiger partial charge in [-0.15, -0.1) is 0 Å². The highest BCUT2D eigenvalue weighted by Crippen LogP contribution is 2.36. The van der Waals surface area contributed by atoms with Crippen molar-refractivity contribution in [1.29, 1.82) is 0 Å². The molecule has 0 aromatic heterocycles. The molecule has 3 aliphatic rings.